The maximum absolute atomic E-state index is 5.50. The third-order valence-electron chi connectivity index (χ3n) is 4.15. The minimum Gasteiger partial charge on any atom is -0.361 e. The molecule has 1 aromatic heterocycles. The molecule has 0 N–H and O–H groups in total. The molecule has 2 aliphatic carbocycles. The van der Waals surface area contributed by atoms with Crippen LogP contribution < -0.4 is 0 Å². The topological polar surface area (TPSA) is 26.0 Å². The van der Waals surface area contributed by atoms with Crippen LogP contribution >= 0.6 is 0 Å². The van der Waals surface area contributed by atoms with Crippen molar-refractivity contribution < 1.29 is 4.52 Å². The third kappa shape index (κ3) is 2.41. The molecular weight excluding hydrogens is 210 g/mol. The molecule has 17 heavy (non-hydrogen) atoms. The normalized spacial score (nSPS) is 29.1. The van der Waals surface area contributed by atoms with E-state index in [0.717, 1.165) is 11.8 Å². The molecule has 0 atom stereocenters. The largest absolute Gasteiger partial charge is 0.361 e. The van der Waals surface area contributed by atoms with Crippen LogP contribution in [0.15, 0.2) is 10.7 Å². The van der Waals surface area contributed by atoms with Gasteiger partial charge in [0.15, 0.2) is 0 Å². The van der Waals surface area contributed by atoms with Gasteiger partial charge in [-0.1, -0.05) is 25.9 Å². The summed E-state index contributed by atoms with van der Waals surface area (Å²) in [5.41, 5.74) is 1.89. The number of aromatic nitrogens is 1. The highest BCUT2D eigenvalue weighted by atomic mass is 16.5. The predicted octanol–water partition coefficient (Wildman–Crippen LogP) is 4.48. The molecular formula is C15H23NO. The van der Waals surface area contributed by atoms with E-state index in [2.05, 4.69) is 25.9 Å². The van der Waals surface area contributed by atoms with Crippen molar-refractivity contribution in [1.82, 2.24) is 5.16 Å². The summed E-state index contributed by atoms with van der Waals surface area (Å²) in [4.78, 5) is 0. The average molecular weight is 233 g/mol. The number of hydrogen-bond donors (Lipinski definition) is 0. The Labute approximate surface area is 104 Å². The summed E-state index contributed by atoms with van der Waals surface area (Å²) in [6.45, 7) is 7.01. The summed E-state index contributed by atoms with van der Waals surface area (Å²) in [5, 5.41) is 4.01. The van der Waals surface area contributed by atoms with Gasteiger partial charge in [-0.2, -0.15) is 0 Å². The van der Waals surface area contributed by atoms with Gasteiger partial charge in [0.2, 0.25) is 0 Å². The first-order chi connectivity index (χ1) is 8.03. The van der Waals surface area contributed by atoms with E-state index in [1.165, 1.54) is 43.4 Å². The van der Waals surface area contributed by atoms with Crippen LogP contribution in [0.5, 0.6) is 0 Å². The molecule has 0 saturated heterocycles. The Balaban J connectivity index is 1.59. The molecule has 94 valence electrons. The quantitative estimate of drug-likeness (QED) is 0.769. The Bertz CT molecular complexity index is 391. The number of rotatable bonds is 3. The molecule has 0 bridgehead atoms. The molecule has 0 aromatic carbocycles. The van der Waals surface area contributed by atoms with Gasteiger partial charge in [-0.3, -0.25) is 0 Å². The lowest BCUT2D eigenvalue weighted by atomic mass is 9.67. The zero-order valence-electron chi connectivity index (χ0n) is 11.2. The first kappa shape index (κ1) is 11.3. The van der Waals surface area contributed by atoms with Gasteiger partial charge >= 0.3 is 0 Å². The summed E-state index contributed by atoms with van der Waals surface area (Å²) in [6.07, 6.45) is 8.61. The van der Waals surface area contributed by atoms with Crippen molar-refractivity contribution in [3.63, 3.8) is 0 Å². The van der Waals surface area contributed by atoms with Gasteiger partial charge < -0.3 is 4.52 Å². The van der Waals surface area contributed by atoms with Crippen molar-refractivity contribution in [3.05, 3.63) is 17.5 Å². The summed E-state index contributed by atoms with van der Waals surface area (Å²) >= 11 is 0. The fourth-order valence-corrected chi connectivity index (χ4v) is 3.25. The van der Waals surface area contributed by atoms with Crippen LogP contribution in [0.25, 0.3) is 0 Å². The van der Waals surface area contributed by atoms with Crippen LogP contribution in [0, 0.1) is 11.3 Å². The standard InChI is InChI=1S/C15H23NO/c1-15(2,3)8-10-6-12(7-10)14-13(9-16-17-14)11-4-5-11/h9-12H,4-8H2,1-3H3/t10-,12+. The summed E-state index contributed by atoms with van der Waals surface area (Å²) in [7, 11) is 0. The lowest BCUT2D eigenvalue weighted by molar-refractivity contribution is 0.158. The van der Waals surface area contributed by atoms with Gasteiger partial charge in [-0.15, -0.1) is 0 Å². The number of hydrogen-bond acceptors (Lipinski definition) is 2. The smallest absolute Gasteiger partial charge is 0.143 e. The van der Waals surface area contributed by atoms with Crippen molar-refractivity contribution in [2.75, 3.05) is 0 Å². The second-order valence-corrected chi connectivity index (χ2v) is 7.22. The van der Waals surface area contributed by atoms with E-state index in [9.17, 15) is 0 Å². The lowest BCUT2D eigenvalue weighted by Crippen LogP contribution is -2.26. The molecule has 0 spiro atoms. The highest BCUT2D eigenvalue weighted by molar-refractivity contribution is 5.27. The van der Waals surface area contributed by atoms with E-state index in [1.807, 2.05) is 6.20 Å². The van der Waals surface area contributed by atoms with E-state index in [-0.39, 0.29) is 0 Å². The molecule has 0 aliphatic heterocycles. The molecule has 0 radical (unpaired) electrons. The fourth-order valence-electron chi connectivity index (χ4n) is 3.25. The molecule has 2 nitrogen and oxygen atoms in total. The maximum atomic E-state index is 5.50. The van der Waals surface area contributed by atoms with Crippen molar-refractivity contribution in [3.8, 4) is 0 Å². The van der Waals surface area contributed by atoms with Crippen molar-refractivity contribution >= 4 is 0 Å². The van der Waals surface area contributed by atoms with Crippen LogP contribution in [0.3, 0.4) is 0 Å². The van der Waals surface area contributed by atoms with Crippen LogP contribution in [0.4, 0.5) is 0 Å². The van der Waals surface area contributed by atoms with Crippen molar-refractivity contribution in [2.24, 2.45) is 11.3 Å². The monoisotopic (exact) mass is 233 g/mol. The van der Waals surface area contributed by atoms with E-state index in [4.69, 9.17) is 4.52 Å². The molecule has 2 saturated carbocycles. The predicted molar refractivity (Wildman–Crippen MR) is 68.0 cm³/mol. The summed E-state index contributed by atoms with van der Waals surface area (Å²) in [6, 6.07) is 0. The van der Waals surface area contributed by atoms with Crippen LogP contribution in [-0.4, -0.2) is 5.16 Å². The van der Waals surface area contributed by atoms with E-state index in [0.29, 0.717) is 11.3 Å². The molecule has 3 rings (SSSR count). The third-order valence-corrected chi connectivity index (χ3v) is 4.15. The Kier molecular flexibility index (Phi) is 2.57. The van der Waals surface area contributed by atoms with Gasteiger partial charge in [-0.25, -0.2) is 0 Å². The molecule has 0 unspecified atom stereocenters. The molecule has 2 heteroatoms. The van der Waals surface area contributed by atoms with E-state index < -0.39 is 0 Å². The Hall–Kier alpha value is -0.790. The van der Waals surface area contributed by atoms with Gasteiger partial charge in [0.05, 0.1) is 6.20 Å². The van der Waals surface area contributed by atoms with Gasteiger partial charge in [0, 0.05) is 11.5 Å². The molecule has 0 amide bonds. The minimum atomic E-state index is 0.469. The Morgan fingerprint density at radius 3 is 2.53 bits per heavy atom. The lowest BCUT2D eigenvalue weighted by Gasteiger charge is -2.38. The number of nitrogens with zero attached hydrogens (tertiary/aromatic N) is 1. The first-order valence-corrected chi connectivity index (χ1v) is 6.97. The van der Waals surface area contributed by atoms with Gasteiger partial charge in [0.1, 0.15) is 5.76 Å². The van der Waals surface area contributed by atoms with E-state index in [1.54, 1.807) is 0 Å². The molecule has 2 fully saturated rings. The van der Waals surface area contributed by atoms with Gasteiger partial charge in [-0.05, 0) is 49.4 Å². The summed E-state index contributed by atoms with van der Waals surface area (Å²) < 4.78 is 5.50. The highest BCUT2D eigenvalue weighted by Crippen LogP contribution is 2.51. The molecule has 2 aliphatic rings. The van der Waals surface area contributed by atoms with Gasteiger partial charge in [0.25, 0.3) is 0 Å². The van der Waals surface area contributed by atoms with Crippen LogP contribution in [0.2, 0.25) is 0 Å². The SMILES string of the molecule is CC(C)(C)C[C@H]1C[C@@H](c2oncc2C2CC2)C1. The van der Waals surface area contributed by atoms with Crippen LogP contribution in [-0.2, 0) is 0 Å². The maximum Gasteiger partial charge on any atom is 0.143 e. The second kappa shape index (κ2) is 3.86. The van der Waals surface area contributed by atoms with Crippen LogP contribution in [0.1, 0.15) is 76.0 Å². The van der Waals surface area contributed by atoms with Crippen molar-refractivity contribution in [1.29, 1.82) is 0 Å². The zero-order chi connectivity index (χ0) is 12.0. The average Bonchev–Trinajstić information content (AvgIpc) is 2.89. The second-order valence-electron chi connectivity index (χ2n) is 7.22. The zero-order valence-corrected chi connectivity index (χ0v) is 11.2. The highest BCUT2D eigenvalue weighted by Gasteiger charge is 2.39. The minimum absolute atomic E-state index is 0.469. The fraction of sp³-hybridized carbons (Fsp3) is 0.800. The molecule has 1 heterocycles. The molecule has 1 aromatic rings. The first-order valence-electron chi connectivity index (χ1n) is 6.97. The summed E-state index contributed by atoms with van der Waals surface area (Å²) in [5.74, 6) is 3.56. The van der Waals surface area contributed by atoms with E-state index >= 15 is 0 Å². The Morgan fingerprint density at radius 1 is 1.24 bits per heavy atom. The Morgan fingerprint density at radius 2 is 1.94 bits per heavy atom. The van der Waals surface area contributed by atoms with Crippen molar-refractivity contribution in [2.45, 2.75) is 64.7 Å².